The fourth-order valence-electron chi connectivity index (χ4n) is 2.96. The van der Waals surface area contributed by atoms with Gasteiger partial charge in [0, 0.05) is 0 Å². The molecule has 0 amide bonds. The molecule has 0 aliphatic rings. The van der Waals surface area contributed by atoms with E-state index in [0.717, 1.165) is 16.9 Å². The topological polar surface area (TPSA) is 9.23 Å². The summed E-state index contributed by atoms with van der Waals surface area (Å²) >= 11 is 0. The van der Waals surface area contributed by atoms with Gasteiger partial charge in [-0.2, -0.15) is 0 Å². The average Bonchev–Trinajstić information content (AvgIpc) is 2.67. The van der Waals surface area contributed by atoms with Crippen LogP contribution in [0.4, 0.5) is 0 Å². The lowest BCUT2D eigenvalue weighted by Gasteiger charge is -2.20. The Bertz CT molecular complexity index is 929. The van der Waals surface area contributed by atoms with E-state index in [-0.39, 0.29) is 6.10 Å². The summed E-state index contributed by atoms with van der Waals surface area (Å²) in [6.45, 7) is 0. The van der Waals surface area contributed by atoms with Crippen molar-refractivity contribution in [3.8, 4) is 5.75 Å². The molecule has 0 saturated carbocycles. The molecule has 0 fully saturated rings. The van der Waals surface area contributed by atoms with Crippen molar-refractivity contribution in [1.82, 2.24) is 0 Å². The number of fused-ring (bicyclic) bond motifs is 1. The van der Waals surface area contributed by atoms with Gasteiger partial charge in [-0.1, -0.05) is 84.9 Å². The number of rotatable bonds is 4. The largest absolute Gasteiger partial charge is 0.481 e. The number of para-hydroxylation sites is 1. The molecular formula is C23H18O. The number of ether oxygens (including phenoxy) is 1. The molecule has 0 aromatic heterocycles. The first kappa shape index (κ1) is 14.5. The Morgan fingerprint density at radius 2 is 1.12 bits per heavy atom. The summed E-state index contributed by atoms with van der Waals surface area (Å²) in [5.74, 6) is 0.875. The zero-order chi connectivity index (χ0) is 16.2. The molecular weight excluding hydrogens is 292 g/mol. The third-order valence-electron chi connectivity index (χ3n) is 4.18. The molecule has 0 aliphatic carbocycles. The zero-order valence-electron chi connectivity index (χ0n) is 13.3. The van der Waals surface area contributed by atoms with Gasteiger partial charge >= 0.3 is 0 Å². The minimum Gasteiger partial charge on any atom is -0.481 e. The minimum atomic E-state index is -0.127. The van der Waals surface area contributed by atoms with Crippen LogP contribution in [0, 0.1) is 0 Å². The van der Waals surface area contributed by atoms with Gasteiger partial charge in [-0.25, -0.2) is 0 Å². The molecule has 0 radical (unpaired) electrons. The number of benzene rings is 4. The van der Waals surface area contributed by atoms with Gasteiger partial charge in [-0.3, -0.25) is 0 Å². The standard InChI is InChI=1S/C23H18O/c1-3-10-19(11-4-1)23(24-22-13-5-2-6-14-22)21-16-15-18-9-7-8-12-20(18)17-21/h1-17,23H/t23-/m1/s1. The highest BCUT2D eigenvalue weighted by Crippen LogP contribution is 2.30. The van der Waals surface area contributed by atoms with Crippen molar-refractivity contribution in [1.29, 1.82) is 0 Å². The summed E-state index contributed by atoms with van der Waals surface area (Å²) < 4.78 is 6.34. The first-order valence-electron chi connectivity index (χ1n) is 8.15. The van der Waals surface area contributed by atoms with Crippen LogP contribution in [0.15, 0.2) is 103 Å². The summed E-state index contributed by atoms with van der Waals surface area (Å²) in [6.07, 6.45) is -0.127. The normalized spacial score (nSPS) is 12.0. The molecule has 1 atom stereocenters. The van der Waals surface area contributed by atoms with Gasteiger partial charge < -0.3 is 4.74 Å². The molecule has 0 N–H and O–H groups in total. The van der Waals surface area contributed by atoms with Crippen molar-refractivity contribution in [2.45, 2.75) is 6.10 Å². The molecule has 0 bridgehead atoms. The first-order chi connectivity index (χ1) is 11.9. The monoisotopic (exact) mass is 310 g/mol. The second-order valence-corrected chi connectivity index (χ2v) is 5.83. The van der Waals surface area contributed by atoms with Gasteiger partial charge in [0.1, 0.15) is 11.9 Å². The predicted octanol–water partition coefficient (Wildman–Crippen LogP) is 6.01. The van der Waals surface area contributed by atoms with E-state index in [1.807, 2.05) is 36.4 Å². The summed E-state index contributed by atoms with van der Waals surface area (Å²) in [5.41, 5.74) is 2.31. The summed E-state index contributed by atoms with van der Waals surface area (Å²) in [6, 6.07) is 35.3. The molecule has 0 spiro atoms. The van der Waals surface area contributed by atoms with E-state index in [4.69, 9.17) is 4.74 Å². The van der Waals surface area contributed by atoms with Crippen LogP contribution >= 0.6 is 0 Å². The van der Waals surface area contributed by atoms with Crippen molar-refractivity contribution in [3.63, 3.8) is 0 Å². The molecule has 1 heteroatoms. The lowest BCUT2D eigenvalue weighted by molar-refractivity contribution is 0.247. The lowest BCUT2D eigenvalue weighted by atomic mass is 9.98. The molecule has 1 nitrogen and oxygen atoms in total. The minimum absolute atomic E-state index is 0.127. The van der Waals surface area contributed by atoms with Crippen LogP contribution in [-0.4, -0.2) is 0 Å². The highest BCUT2D eigenvalue weighted by atomic mass is 16.5. The van der Waals surface area contributed by atoms with Crippen molar-refractivity contribution in [2.24, 2.45) is 0 Å². The van der Waals surface area contributed by atoms with Gasteiger partial charge in [0.25, 0.3) is 0 Å². The van der Waals surface area contributed by atoms with Crippen LogP contribution in [-0.2, 0) is 0 Å². The average molecular weight is 310 g/mol. The van der Waals surface area contributed by atoms with Gasteiger partial charge in [-0.05, 0) is 40.1 Å². The number of hydrogen-bond donors (Lipinski definition) is 0. The fourth-order valence-corrected chi connectivity index (χ4v) is 2.96. The van der Waals surface area contributed by atoms with E-state index in [0.29, 0.717) is 0 Å². The van der Waals surface area contributed by atoms with Crippen molar-refractivity contribution in [2.75, 3.05) is 0 Å². The number of hydrogen-bond acceptors (Lipinski definition) is 1. The molecule has 4 rings (SSSR count). The molecule has 0 heterocycles. The summed E-state index contributed by atoms with van der Waals surface area (Å²) in [7, 11) is 0. The van der Waals surface area contributed by atoms with Crippen LogP contribution in [0.3, 0.4) is 0 Å². The van der Waals surface area contributed by atoms with Crippen molar-refractivity contribution >= 4 is 10.8 Å². The smallest absolute Gasteiger partial charge is 0.149 e. The van der Waals surface area contributed by atoms with Crippen LogP contribution in [0.1, 0.15) is 17.2 Å². The van der Waals surface area contributed by atoms with E-state index in [2.05, 4.69) is 66.7 Å². The first-order valence-corrected chi connectivity index (χ1v) is 8.15. The quantitative estimate of drug-likeness (QED) is 0.448. The van der Waals surface area contributed by atoms with Crippen LogP contribution in [0.2, 0.25) is 0 Å². The van der Waals surface area contributed by atoms with E-state index in [9.17, 15) is 0 Å². The Hall–Kier alpha value is -3.06. The second kappa shape index (κ2) is 6.59. The Morgan fingerprint density at radius 3 is 1.88 bits per heavy atom. The van der Waals surface area contributed by atoms with E-state index < -0.39 is 0 Å². The Morgan fingerprint density at radius 1 is 0.500 bits per heavy atom. The third kappa shape index (κ3) is 3.02. The molecule has 4 aromatic rings. The molecule has 24 heavy (non-hydrogen) atoms. The highest BCUT2D eigenvalue weighted by Gasteiger charge is 2.16. The van der Waals surface area contributed by atoms with Gasteiger partial charge in [0.2, 0.25) is 0 Å². The van der Waals surface area contributed by atoms with Crippen LogP contribution < -0.4 is 4.74 Å². The molecule has 116 valence electrons. The predicted molar refractivity (Wildman–Crippen MR) is 99.3 cm³/mol. The Kier molecular flexibility index (Phi) is 3.99. The maximum atomic E-state index is 6.34. The van der Waals surface area contributed by atoms with E-state index in [1.165, 1.54) is 10.8 Å². The SMILES string of the molecule is c1ccc(O[C@H](c2ccccc2)c2ccc3ccccc3c2)cc1. The van der Waals surface area contributed by atoms with Gasteiger partial charge in [0.15, 0.2) is 0 Å². The second-order valence-electron chi connectivity index (χ2n) is 5.83. The fraction of sp³-hybridized carbons (Fsp3) is 0.0435. The Balaban J connectivity index is 1.78. The van der Waals surface area contributed by atoms with E-state index >= 15 is 0 Å². The lowest BCUT2D eigenvalue weighted by Crippen LogP contribution is -2.09. The molecule has 0 unspecified atom stereocenters. The maximum absolute atomic E-state index is 6.34. The molecule has 0 saturated heterocycles. The highest BCUT2D eigenvalue weighted by molar-refractivity contribution is 5.83. The third-order valence-corrected chi connectivity index (χ3v) is 4.18. The van der Waals surface area contributed by atoms with Gasteiger partial charge in [0.05, 0.1) is 0 Å². The molecule has 0 aliphatic heterocycles. The van der Waals surface area contributed by atoms with Crippen molar-refractivity contribution in [3.05, 3.63) is 114 Å². The zero-order valence-corrected chi connectivity index (χ0v) is 13.3. The summed E-state index contributed by atoms with van der Waals surface area (Å²) in [5, 5.41) is 2.47. The van der Waals surface area contributed by atoms with Crippen LogP contribution in [0.5, 0.6) is 5.75 Å². The van der Waals surface area contributed by atoms with Gasteiger partial charge in [-0.15, -0.1) is 0 Å². The summed E-state index contributed by atoms with van der Waals surface area (Å²) in [4.78, 5) is 0. The van der Waals surface area contributed by atoms with E-state index in [1.54, 1.807) is 0 Å². The molecule has 4 aromatic carbocycles. The van der Waals surface area contributed by atoms with Crippen molar-refractivity contribution < 1.29 is 4.74 Å². The maximum Gasteiger partial charge on any atom is 0.149 e. The Labute approximate surface area is 142 Å². The van der Waals surface area contributed by atoms with Crippen LogP contribution in [0.25, 0.3) is 10.8 Å².